The molecule has 0 aromatic rings. The molecule has 0 amide bonds. The van der Waals surface area contributed by atoms with E-state index in [9.17, 15) is 14.7 Å². The number of epoxide rings is 1. The Labute approximate surface area is 173 Å². The molecule has 2 bridgehead atoms. The van der Waals surface area contributed by atoms with E-state index in [1.165, 1.54) is 0 Å². The van der Waals surface area contributed by atoms with Gasteiger partial charge in [0.05, 0.1) is 18.1 Å². The van der Waals surface area contributed by atoms with Crippen molar-refractivity contribution in [3.63, 3.8) is 0 Å². The Hall–Kier alpha value is -0.860. The van der Waals surface area contributed by atoms with Gasteiger partial charge in [0.25, 0.3) is 0 Å². The van der Waals surface area contributed by atoms with Gasteiger partial charge in [0.15, 0.2) is 0 Å². The van der Waals surface area contributed by atoms with Crippen molar-refractivity contribution in [3.8, 4) is 0 Å². The predicted molar refractivity (Wildman–Crippen MR) is 99.2 cm³/mol. The zero-order valence-corrected chi connectivity index (χ0v) is 17.3. The summed E-state index contributed by atoms with van der Waals surface area (Å²) in [6, 6.07) is 0. The number of hydrogen-bond acceptors (Lipinski definition) is 7. The van der Waals surface area contributed by atoms with Gasteiger partial charge >= 0.3 is 11.9 Å². The second kappa shape index (κ2) is 6.84. The molecule has 1 spiro atoms. The highest BCUT2D eigenvalue weighted by molar-refractivity contribution is 6.26. The Balaban J connectivity index is 1.81. The second-order valence-electron chi connectivity index (χ2n) is 8.36. The highest BCUT2D eigenvalue weighted by Gasteiger charge is 2.85. The van der Waals surface area contributed by atoms with Crippen LogP contribution >= 0.6 is 23.2 Å². The summed E-state index contributed by atoms with van der Waals surface area (Å²) >= 11 is 11.3. The van der Waals surface area contributed by atoms with Gasteiger partial charge in [0, 0.05) is 5.41 Å². The average molecular weight is 435 g/mol. The first-order valence-electron chi connectivity index (χ1n) is 9.37. The fourth-order valence-corrected chi connectivity index (χ4v) is 5.75. The van der Waals surface area contributed by atoms with E-state index in [4.69, 9.17) is 42.1 Å². The normalized spacial score (nSPS) is 46.0. The molecule has 156 valence electrons. The van der Waals surface area contributed by atoms with E-state index >= 15 is 0 Å². The van der Waals surface area contributed by atoms with Crippen molar-refractivity contribution < 1.29 is 33.6 Å². The molecule has 28 heavy (non-hydrogen) atoms. The quantitative estimate of drug-likeness (QED) is 0.303. The number of rotatable bonds is 5. The van der Waals surface area contributed by atoms with E-state index in [-0.39, 0.29) is 18.4 Å². The van der Waals surface area contributed by atoms with Gasteiger partial charge in [-0.2, -0.15) is 0 Å². The van der Waals surface area contributed by atoms with Crippen LogP contribution in [0.2, 0.25) is 0 Å². The van der Waals surface area contributed by atoms with Crippen LogP contribution in [0.25, 0.3) is 0 Å². The van der Waals surface area contributed by atoms with Crippen molar-refractivity contribution in [2.24, 2.45) is 10.8 Å². The van der Waals surface area contributed by atoms with Gasteiger partial charge in [-0.05, 0) is 19.8 Å². The molecule has 0 unspecified atom stereocenters. The number of aliphatic hydroxyl groups excluding tert-OH is 1. The monoisotopic (exact) mass is 434 g/mol. The third-order valence-electron chi connectivity index (χ3n) is 7.22. The summed E-state index contributed by atoms with van der Waals surface area (Å²) < 4.78 is 23.3. The molecule has 7 nitrogen and oxygen atoms in total. The second-order valence-corrected chi connectivity index (χ2v) is 8.89. The van der Waals surface area contributed by atoms with Gasteiger partial charge in [-0.15, -0.1) is 23.2 Å². The molecule has 7 atom stereocenters. The van der Waals surface area contributed by atoms with Crippen LogP contribution in [-0.2, 0) is 28.5 Å². The summed E-state index contributed by atoms with van der Waals surface area (Å²) in [7, 11) is 0. The Bertz CT molecular complexity index is 721. The largest absolute Gasteiger partial charge is 0.464 e. The lowest BCUT2D eigenvalue weighted by Gasteiger charge is -2.58. The van der Waals surface area contributed by atoms with Crippen molar-refractivity contribution in [2.75, 3.05) is 25.0 Å². The van der Waals surface area contributed by atoms with Crippen molar-refractivity contribution in [1.82, 2.24) is 0 Å². The van der Waals surface area contributed by atoms with Gasteiger partial charge in [-0.25, -0.2) is 0 Å². The summed E-state index contributed by atoms with van der Waals surface area (Å²) in [5, 5.41) is 11.0. The van der Waals surface area contributed by atoms with E-state index in [0.717, 1.165) is 12.0 Å². The highest BCUT2D eigenvalue weighted by Crippen LogP contribution is 2.72. The number of fused-ring (bicyclic) bond motifs is 2. The highest BCUT2D eigenvalue weighted by atomic mass is 35.5. The summed E-state index contributed by atoms with van der Waals surface area (Å²) in [6.45, 7) is 4.36. The van der Waals surface area contributed by atoms with E-state index in [2.05, 4.69) is 0 Å². The fraction of sp³-hybridized carbons (Fsp3) is 0.789. The van der Waals surface area contributed by atoms with Crippen LogP contribution in [0, 0.1) is 10.8 Å². The number of ether oxygens (including phenoxy) is 4. The standard InChI is InChI=1S/C19H24Cl2O7/c1-10-3-4-18(8-25-12(22)6-20)11(5-10)27-16-14(24)15(28-13(23)7-21)17(18,2)19(16)9-26-19/h5,11,14-16,24H,3-4,6-9H2,1-2H3/t11-,14-,15-,16+,17-,18-,19-/m1/s1. The molecule has 2 saturated heterocycles. The number of allylic oxidation sites excluding steroid dienone is 1. The molecule has 4 aliphatic rings. The van der Waals surface area contributed by atoms with Crippen LogP contribution in [-0.4, -0.2) is 72.0 Å². The minimum Gasteiger partial charge on any atom is -0.464 e. The molecule has 2 aliphatic heterocycles. The first kappa shape index (κ1) is 20.4. The first-order valence-corrected chi connectivity index (χ1v) is 10.4. The number of carbonyl (C=O) groups is 2. The molecular weight excluding hydrogens is 411 g/mol. The summed E-state index contributed by atoms with van der Waals surface area (Å²) in [5.41, 5.74) is -1.22. The maximum atomic E-state index is 12.0. The molecule has 0 aromatic heterocycles. The predicted octanol–water partition coefficient (Wildman–Crippen LogP) is 1.56. The van der Waals surface area contributed by atoms with Crippen LogP contribution < -0.4 is 0 Å². The van der Waals surface area contributed by atoms with Crippen molar-refractivity contribution in [2.45, 2.75) is 56.7 Å². The maximum absolute atomic E-state index is 12.0. The molecule has 1 saturated carbocycles. The number of aliphatic hydroxyl groups is 1. The lowest BCUT2D eigenvalue weighted by Crippen LogP contribution is -2.66. The van der Waals surface area contributed by atoms with Crippen LogP contribution in [0.4, 0.5) is 0 Å². The number of alkyl halides is 2. The van der Waals surface area contributed by atoms with E-state index in [1.807, 2.05) is 19.9 Å². The van der Waals surface area contributed by atoms with Crippen molar-refractivity contribution in [3.05, 3.63) is 11.6 Å². The van der Waals surface area contributed by atoms with Crippen LogP contribution in [0.5, 0.6) is 0 Å². The number of halogens is 2. The first-order chi connectivity index (χ1) is 13.3. The van der Waals surface area contributed by atoms with Gasteiger partial charge in [-0.3, -0.25) is 9.59 Å². The van der Waals surface area contributed by atoms with E-state index in [1.54, 1.807) is 0 Å². The Kier molecular flexibility index (Phi) is 4.99. The zero-order valence-electron chi connectivity index (χ0n) is 15.8. The Morgan fingerprint density at radius 1 is 1.32 bits per heavy atom. The summed E-state index contributed by atoms with van der Waals surface area (Å²) in [5.74, 6) is -1.74. The molecule has 2 aliphatic carbocycles. The van der Waals surface area contributed by atoms with E-state index in [0.29, 0.717) is 13.0 Å². The molecule has 4 rings (SSSR count). The molecule has 0 radical (unpaired) electrons. The van der Waals surface area contributed by atoms with Crippen LogP contribution in [0.3, 0.4) is 0 Å². The number of hydrogen-bond donors (Lipinski definition) is 1. The van der Waals surface area contributed by atoms with Crippen molar-refractivity contribution in [1.29, 1.82) is 0 Å². The lowest BCUT2D eigenvalue weighted by molar-refractivity contribution is -0.233. The third kappa shape index (κ3) is 2.53. The SMILES string of the molecule is CC1=C[C@H]2O[C@H]3[C@H](O)[C@@H](OC(=O)CCl)[C@](C)([C@@]2(COC(=O)CCl)CC1)[C@@]31CO1. The van der Waals surface area contributed by atoms with Gasteiger partial charge in [-0.1, -0.05) is 18.6 Å². The molecule has 9 heteroatoms. The van der Waals surface area contributed by atoms with Gasteiger partial charge < -0.3 is 24.1 Å². The van der Waals surface area contributed by atoms with Crippen LogP contribution in [0.1, 0.15) is 26.7 Å². The minimum absolute atomic E-state index is 0.0307. The lowest BCUT2D eigenvalue weighted by atomic mass is 9.51. The third-order valence-corrected chi connectivity index (χ3v) is 7.66. The molecule has 3 fully saturated rings. The Morgan fingerprint density at radius 3 is 2.61 bits per heavy atom. The van der Waals surface area contributed by atoms with E-state index < -0.39 is 52.8 Å². The topological polar surface area (TPSA) is 94.6 Å². The fourth-order valence-electron chi connectivity index (χ4n) is 5.61. The summed E-state index contributed by atoms with van der Waals surface area (Å²) in [6.07, 6.45) is 0.388. The smallest absolute Gasteiger partial charge is 0.321 e. The van der Waals surface area contributed by atoms with Gasteiger partial charge in [0.1, 0.15) is 42.3 Å². The van der Waals surface area contributed by atoms with Gasteiger partial charge in [0.2, 0.25) is 0 Å². The molecule has 1 N–H and O–H groups in total. The zero-order chi connectivity index (χ0) is 20.3. The molecule has 2 heterocycles. The van der Waals surface area contributed by atoms with Crippen LogP contribution in [0.15, 0.2) is 11.6 Å². The number of carbonyl (C=O) groups excluding carboxylic acids is 2. The maximum Gasteiger partial charge on any atom is 0.321 e. The molecular formula is C19H24Cl2O7. The average Bonchev–Trinajstić information content (AvgIpc) is 3.47. The summed E-state index contributed by atoms with van der Waals surface area (Å²) in [4.78, 5) is 23.9. The minimum atomic E-state index is -1.07. The number of esters is 2. The Morgan fingerprint density at radius 2 is 2.00 bits per heavy atom. The molecule has 0 aromatic carbocycles. The van der Waals surface area contributed by atoms with Crippen molar-refractivity contribution >= 4 is 35.1 Å².